The Labute approximate surface area is 263 Å². The van der Waals surface area contributed by atoms with Crippen LogP contribution in [0.25, 0.3) is 11.2 Å². The van der Waals surface area contributed by atoms with Gasteiger partial charge in [0.25, 0.3) is 5.91 Å². The minimum absolute atomic E-state index is 0.0177. The average Bonchev–Trinajstić information content (AvgIpc) is 3.65. The lowest BCUT2D eigenvalue weighted by atomic mass is 9.91. The van der Waals surface area contributed by atoms with Crippen LogP contribution in [0.5, 0.6) is 0 Å². The van der Waals surface area contributed by atoms with Gasteiger partial charge in [-0.1, -0.05) is 60.7 Å². The zero-order valence-corrected chi connectivity index (χ0v) is 25.0. The number of nitrogens with one attached hydrogen (secondary N) is 3. The number of aliphatic hydroxyl groups excluding tert-OH is 2. The predicted molar refractivity (Wildman–Crippen MR) is 169 cm³/mol. The molecular weight excluding hydrogens is 576 g/mol. The van der Waals surface area contributed by atoms with Crippen LogP contribution in [0.4, 0.5) is 11.8 Å². The largest absolute Gasteiger partial charge is 0.387 e. The van der Waals surface area contributed by atoms with Crippen LogP contribution in [0.2, 0.25) is 0 Å². The average molecular weight is 618 g/mol. The number of likely N-dealkylation sites (N-methyl/N-ethyl adjacent to an activating group) is 1. The summed E-state index contributed by atoms with van der Waals surface area (Å²) < 4.78 is 20.2. The molecule has 2 fully saturated rings. The molecule has 0 saturated carbocycles. The maximum Gasteiger partial charge on any atom is 0.252 e. The molecule has 13 nitrogen and oxygen atoms in total. The van der Waals surface area contributed by atoms with Crippen LogP contribution in [0, 0.1) is 0 Å². The second kappa shape index (κ2) is 14.3. The summed E-state index contributed by atoms with van der Waals surface area (Å²) in [6, 6.07) is 20.5. The fraction of sp³-hybridized carbons (Fsp3) is 0.438. The van der Waals surface area contributed by atoms with Crippen LogP contribution in [-0.2, 0) is 14.3 Å². The fourth-order valence-electron chi connectivity index (χ4n) is 5.78. The Hall–Kier alpha value is -4.14. The second-order valence-electron chi connectivity index (χ2n) is 11.1. The zero-order chi connectivity index (χ0) is 31.9. The molecule has 2 aromatic carbocycles. The fourth-order valence-corrected chi connectivity index (χ4v) is 5.78. The lowest BCUT2D eigenvalue weighted by molar-refractivity contribution is -0.137. The van der Waals surface area contributed by atoms with Crippen molar-refractivity contribution < 1.29 is 25.9 Å². The molecule has 0 radical (unpaired) electrons. The van der Waals surface area contributed by atoms with E-state index in [1.54, 1.807) is 0 Å². The highest BCUT2D eigenvalue weighted by Crippen LogP contribution is 2.34. The van der Waals surface area contributed by atoms with E-state index in [0.717, 1.165) is 30.8 Å². The van der Waals surface area contributed by atoms with Gasteiger partial charge in [-0.05, 0) is 18.0 Å². The number of fused-ring (bicyclic) bond motifs is 1. The van der Waals surface area contributed by atoms with E-state index < -0.39 is 30.4 Å². The SMILES string of the molecule is [2H]CCNC(=O)[C@H]1OC(n2cnc3c(NCC(c4ccccc4)c4ccccc4)nc(NCCN4CCOCC4)nc32)[C@H](O)[C@@H]1O. The minimum atomic E-state index is -1.48. The molecule has 2 aromatic heterocycles. The Morgan fingerprint density at radius 2 is 1.73 bits per heavy atom. The number of carbonyl (C=O) groups is 1. The van der Waals surface area contributed by atoms with Gasteiger partial charge in [0.1, 0.15) is 12.2 Å². The molecule has 2 aliphatic rings. The number of hydrogen-bond donors (Lipinski definition) is 5. The van der Waals surface area contributed by atoms with Crippen LogP contribution in [0.1, 0.15) is 31.5 Å². The smallest absolute Gasteiger partial charge is 0.252 e. The third-order valence-electron chi connectivity index (χ3n) is 8.18. The molecule has 1 amide bonds. The first-order valence-electron chi connectivity index (χ1n) is 15.9. The summed E-state index contributed by atoms with van der Waals surface area (Å²) in [4.78, 5) is 29.0. The third kappa shape index (κ3) is 6.92. The first-order chi connectivity index (χ1) is 22.5. The molecular formula is C32H40N8O5. The van der Waals surface area contributed by atoms with E-state index in [2.05, 4.69) is 50.1 Å². The lowest BCUT2D eigenvalue weighted by Gasteiger charge is -2.26. The molecule has 13 heteroatoms. The Kier molecular flexibility index (Phi) is 9.40. The van der Waals surface area contributed by atoms with Gasteiger partial charge in [0.15, 0.2) is 29.3 Å². The molecule has 6 rings (SSSR count). The van der Waals surface area contributed by atoms with E-state index in [1.165, 1.54) is 10.9 Å². The van der Waals surface area contributed by atoms with Gasteiger partial charge in [-0.2, -0.15) is 9.97 Å². The van der Waals surface area contributed by atoms with Gasteiger partial charge in [-0.3, -0.25) is 14.3 Å². The molecule has 45 heavy (non-hydrogen) atoms. The van der Waals surface area contributed by atoms with Gasteiger partial charge in [-0.25, -0.2) is 4.98 Å². The molecule has 2 aliphatic heterocycles. The third-order valence-corrected chi connectivity index (χ3v) is 8.18. The monoisotopic (exact) mass is 617 g/mol. The molecule has 4 atom stereocenters. The van der Waals surface area contributed by atoms with Crippen LogP contribution in [0.15, 0.2) is 67.0 Å². The summed E-state index contributed by atoms with van der Waals surface area (Å²) in [5, 5.41) is 31.0. The molecule has 0 bridgehead atoms. The van der Waals surface area contributed by atoms with Crippen molar-refractivity contribution in [2.45, 2.75) is 37.4 Å². The molecule has 1 unspecified atom stereocenters. The van der Waals surface area contributed by atoms with Gasteiger partial charge in [-0.15, -0.1) is 0 Å². The van der Waals surface area contributed by atoms with E-state index in [0.29, 0.717) is 49.2 Å². The van der Waals surface area contributed by atoms with Crippen molar-refractivity contribution in [2.24, 2.45) is 0 Å². The highest BCUT2D eigenvalue weighted by atomic mass is 16.6. The Morgan fingerprint density at radius 3 is 2.42 bits per heavy atom. The first-order valence-corrected chi connectivity index (χ1v) is 15.2. The van der Waals surface area contributed by atoms with Crippen LogP contribution in [-0.4, -0.2) is 111 Å². The molecule has 0 spiro atoms. The number of carbonyl (C=O) groups excluding carboxylic acids is 1. The molecule has 238 valence electrons. The number of morpholine rings is 1. The van der Waals surface area contributed by atoms with Gasteiger partial charge in [0, 0.05) is 46.6 Å². The number of ether oxygens (including phenoxy) is 2. The van der Waals surface area contributed by atoms with Crippen molar-refractivity contribution >= 4 is 28.8 Å². The topological polar surface area (TPSA) is 159 Å². The molecule has 5 N–H and O–H groups in total. The number of benzene rings is 2. The number of anilines is 2. The number of rotatable bonds is 12. The minimum Gasteiger partial charge on any atom is -0.387 e. The summed E-state index contributed by atoms with van der Waals surface area (Å²) in [5.74, 6) is 0.275. The van der Waals surface area contributed by atoms with Crippen molar-refractivity contribution in [1.82, 2.24) is 29.7 Å². The van der Waals surface area contributed by atoms with Crippen molar-refractivity contribution in [3.8, 4) is 0 Å². The summed E-state index contributed by atoms with van der Waals surface area (Å²) in [7, 11) is 0. The number of aromatic nitrogens is 4. The number of nitrogens with zero attached hydrogens (tertiary/aromatic N) is 5. The van der Waals surface area contributed by atoms with Crippen molar-refractivity contribution in [2.75, 3.05) is 63.1 Å². The Bertz CT molecular complexity index is 1530. The quantitative estimate of drug-likeness (QED) is 0.157. The standard InChI is InChI=1S/C32H40N8O5/c1-2-33-30(43)27-25(41)26(42)31(45-27)40-20-36-24-28(37-32(38-29(24)40)34-13-14-39-15-17-44-18-16-39)35-19-23(21-9-5-3-6-10-21)22-11-7-4-8-12-22/h3-12,20,23,25-27,31,41-42H,2,13-19H2,1H3,(H,33,43)(H2,34,35,37,38)/t25-,26+,27-,31?/m0/s1/i1D. The van der Waals surface area contributed by atoms with Crippen molar-refractivity contribution in [3.05, 3.63) is 78.1 Å². The van der Waals surface area contributed by atoms with E-state index in [9.17, 15) is 15.0 Å². The van der Waals surface area contributed by atoms with Gasteiger partial charge in [0.2, 0.25) is 5.95 Å². The molecule has 2 saturated heterocycles. The molecule has 4 aromatic rings. The first kappa shape index (κ1) is 29.6. The molecule has 0 aliphatic carbocycles. The molecule has 4 heterocycles. The van der Waals surface area contributed by atoms with E-state index in [4.69, 9.17) is 20.8 Å². The van der Waals surface area contributed by atoms with E-state index >= 15 is 0 Å². The summed E-state index contributed by atoms with van der Waals surface area (Å²) in [5.41, 5.74) is 3.11. The lowest BCUT2D eigenvalue weighted by Crippen LogP contribution is -2.42. The highest BCUT2D eigenvalue weighted by Gasteiger charge is 2.47. The maximum absolute atomic E-state index is 12.6. The Morgan fingerprint density at radius 1 is 1.02 bits per heavy atom. The maximum atomic E-state index is 12.6. The predicted octanol–water partition coefficient (Wildman–Crippen LogP) is 1.57. The van der Waals surface area contributed by atoms with E-state index in [1.807, 2.05) is 36.4 Å². The number of imidazole rings is 1. The summed E-state index contributed by atoms with van der Waals surface area (Å²) >= 11 is 0. The summed E-state index contributed by atoms with van der Waals surface area (Å²) in [6.45, 7) is 5.10. The number of aliphatic hydroxyl groups is 2. The second-order valence-corrected chi connectivity index (χ2v) is 11.1. The van der Waals surface area contributed by atoms with Gasteiger partial charge < -0.3 is 35.6 Å². The van der Waals surface area contributed by atoms with Gasteiger partial charge >= 0.3 is 0 Å². The van der Waals surface area contributed by atoms with Crippen molar-refractivity contribution in [1.29, 1.82) is 0 Å². The highest BCUT2D eigenvalue weighted by molar-refractivity contribution is 5.85. The van der Waals surface area contributed by atoms with Crippen LogP contribution >= 0.6 is 0 Å². The zero-order valence-electron chi connectivity index (χ0n) is 26.0. The van der Waals surface area contributed by atoms with Crippen LogP contribution < -0.4 is 16.0 Å². The van der Waals surface area contributed by atoms with Gasteiger partial charge in [0.05, 0.1) is 19.5 Å². The summed E-state index contributed by atoms with van der Waals surface area (Å²) in [6.07, 6.45) is -3.87. The normalized spacial score (nSPS) is 22.4. The van der Waals surface area contributed by atoms with Crippen LogP contribution in [0.3, 0.4) is 0 Å². The van der Waals surface area contributed by atoms with Crippen molar-refractivity contribution in [3.63, 3.8) is 0 Å². The Balaban J connectivity index is 1.29. The number of amides is 1. The number of hydrogen-bond acceptors (Lipinski definition) is 11. The van der Waals surface area contributed by atoms with E-state index in [-0.39, 0.29) is 19.4 Å².